The molecule has 3 atom stereocenters. The molecule has 7 heteroatoms. The molecule has 2 heterocycles. The lowest BCUT2D eigenvalue weighted by atomic mass is 9.51. The van der Waals surface area contributed by atoms with E-state index in [0.29, 0.717) is 24.0 Å². The number of aliphatic imine (C=N–C) groups is 1. The van der Waals surface area contributed by atoms with Crippen molar-refractivity contribution in [2.45, 2.75) is 64.0 Å². The maximum Gasteiger partial charge on any atom is 0.220 e. The van der Waals surface area contributed by atoms with Gasteiger partial charge < -0.3 is 20.3 Å². The van der Waals surface area contributed by atoms with Gasteiger partial charge in [0.25, 0.3) is 0 Å². The van der Waals surface area contributed by atoms with Crippen LogP contribution in [0.4, 0.5) is 0 Å². The largest absolute Gasteiger partial charge is 0.378 e. The summed E-state index contributed by atoms with van der Waals surface area (Å²) in [6, 6.07) is 0.484. The van der Waals surface area contributed by atoms with Crippen LogP contribution in [0.15, 0.2) is 4.99 Å². The second-order valence-electron chi connectivity index (χ2n) is 8.49. The Morgan fingerprint density at radius 2 is 2.19 bits per heavy atom. The highest BCUT2D eigenvalue weighted by molar-refractivity contribution is 14.0. The van der Waals surface area contributed by atoms with Crippen LogP contribution >= 0.6 is 24.0 Å². The molecule has 2 aliphatic heterocycles. The minimum atomic E-state index is 0. The van der Waals surface area contributed by atoms with E-state index in [4.69, 9.17) is 4.74 Å². The van der Waals surface area contributed by atoms with Crippen molar-refractivity contribution in [1.29, 1.82) is 0 Å². The molecule has 0 aromatic carbocycles. The summed E-state index contributed by atoms with van der Waals surface area (Å²) in [5.41, 5.74) is 0.443. The van der Waals surface area contributed by atoms with Crippen molar-refractivity contribution in [3.8, 4) is 0 Å². The van der Waals surface area contributed by atoms with Gasteiger partial charge in [0.05, 0.1) is 6.10 Å². The third-order valence-electron chi connectivity index (χ3n) is 7.11. The molecule has 0 radical (unpaired) electrons. The molecule has 26 heavy (non-hydrogen) atoms. The monoisotopic (exact) mass is 476 g/mol. The molecule has 2 aliphatic carbocycles. The molecule has 3 unspecified atom stereocenters. The molecule has 2 saturated carbocycles. The fourth-order valence-corrected chi connectivity index (χ4v) is 5.52. The number of hydrogen-bond acceptors (Lipinski definition) is 3. The average molecular weight is 476 g/mol. The Balaban J connectivity index is 0.00000196. The van der Waals surface area contributed by atoms with Crippen LogP contribution in [0.2, 0.25) is 0 Å². The van der Waals surface area contributed by atoms with E-state index < -0.39 is 0 Å². The molecule has 4 rings (SSSR count). The number of ether oxygens (including phenoxy) is 1. The lowest BCUT2D eigenvalue weighted by molar-refractivity contribution is -0.169. The summed E-state index contributed by atoms with van der Waals surface area (Å²) in [7, 11) is 1.88. The molecule has 148 valence electrons. The summed E-state index contributed by atoms with van der Waals surface area (Å²) in [4.78, 5) is 18.7. The van der Waals surface area contributed by atoms with Crippen LogP contribution in [0.3, 0.4) is 0 Å². The maximum atomic E-state index is 11.7. The Morgan fingerprint density at radius 3 is 2.77 bits per heavy atom. The van der Waals surface area contributed by atoms with Crippen LogP contribution < -0.4 is 10.6 Å². The van der Waals surface area contributed by atoms with Crippen molar-refractivity contribution in [2.24, 2.45) is 15.8 Å². The third-order valence-corrected chi connectivity index (χ3v) is 7.11. The van der Waals surface area contributed by atoms with Gasteiger partial charge in [-0.05, 0) is 39.0 Å². The maximum absolute atomic E-state index is 11.7. The van der Waals surface area contributed by atoms with Gasteiger partial charge in [-0.2, -0.15) is 0 Å². The molecule has 6 nitrogen and oxygen atoms in total. The highest BCUT2D eigenvalue weighted by atomic mass is 127. The number of piperidine rings is 1. The number of guanidine groups is 1. The van der Waals surface area contributed by atoms with Crippen LogP contribution in [0, 0.1) is 10.8 Å². The van der Waals surface area contributed by atoms with E-state index in [1.54, 1.807) is 0 Å². The SMILES string of the molecule is CCOC1CC(NC(=NC)N2CCCC3(CNC(=O)C3)C2)C12CCC2.I. The molecule has 4 aliphatic rings. The van der Waals surface area contributed by atoms with Crippen molar-refractivity contribution in [3.63, 3.8) is 0 Å². The smallest absolute Gasteiger partial charge is 0.220 e. The van der Waals surface area contributed by atoms with Crippen molar-refractivity contribution in [1.82, 2.24) is 15.5 Å². The number of nitrogens with one attached hydrogen (secondary N) is 2. The molecule has 2 saturated heterocycles. The topological polar surface area (TPSA) is 66.0 Å². The first-order valence-corrected chi connectivity index (χ1v) is 9.97. The highest BCUT2D eigenvalue weighted by Crippen LogP contribution is 2.57. The lowest BCUT2D eigenvalue weighted by Crippen LogP contribution is -2.69. The van der Waals surface area contributed by atoms with Crippen molar-refractivity contribution in [2.75, 3.05) is 33.3 Å². The number of carbonyl (C=O) groups excluding carboxylic acids is 1. The quantitative estimate of drug-likeness (QED) is 0.372. The second-order valence-corrected chi connectivity index (χ2v) is 8.49. The molecule has 2 N–H and O–H groups in total. The van der Waals surface area contributed by atoms with E-state index >= 15 is 0 Å². The normalized spacial score (nSPS) is 35.5. The van der Waals surface area contributed by atoms with Gasteiger partial charge >= 0.3 is 0 Å². The van der Waals surface area contributed by atoms with Gasteiger partial charge in [0, 0.05) is 56.6 Å². The number of rotatable bonds is 3. The fourth-order valence-electron chi connectivity index (χ4n) is 5.52. The number of hydrogen-bond donors (Lipinski definition) is 2. The Morgan fingerprint density at radius 1 is 1.38 bits per heavy atom. The highest BCUT2D eigenvalue weighted by Gasteiger charge is 2.59. The van der Waals surface area contributed by atoms with Crippen molar-refractivity contribution >= 4 is 35.8 Å². The molecule has 2 spiro atoms. The zero-order valence-electron chi connectivity index (χ0n) is 16.1. The first kappa shape index (κ1) is 20.2. The number of likely N-dealkylation sites (tertiary alicyclic amines) is 1. The lowest BCUT2D eigenvalue weighted by Gasteiger charge is -2.61. The zero-order valence-corrected chi connectivity index (χ0v) is 18.4. The fraction of sp³-hybridized carbons (Fsp3) is 0.895. The van der Waals surface area contributed by atoms with E-state index in [0.717, 1.165) is 51.5 Å². The van der Waals surface area contributed by atoms with Gasteiger partial charge in [0.15, 0.2) is 5.96 Å². The predicted molar refractivity (Wildman–Crippen MR) is 113 cm³/mol. The minimum absolute atomic E-state index is 0. The van der Waals surface area contributed by atoms with Gasteiger partial charge in [-0.1, -0.05) is 6.42 Å². The van der Waals surface area contributed by atoms with Gasteiger partial charge in [-0.25, -0.2) is 0 Å². The zero-order chi connectivity index (χ0) is 17.5. The van der Waals surface area contributed by atoms with E-state index in [2.05, 4.69) is 27.4 Å². The Kier molecular flexibility index (Phi) is 6.06. The third kappa shape index (κ3) is 3.34. The summed E-state index contributed by atoms with van der Waals surface area (Å²) in [5.74, 6) is 1.22. The van der Waals surface area contributed by atoms with Crippen molar-refractivity contribution in [3.05, 3.63) is 0 Å². The first-order valence-electron chi connectivity index (χ1n) is 9.97. The molecule has 1 amide bonds. The first-order chi connectivity index (χ1) is 12.1. The van der Waals surface area contributed by atoms with E-state index in [1.165, 1.54) is 19.3 Å². The number of amides is 1. The molecule has 0 aromatic heterocycles. The van der Waals surface area contributed by atoms with Gasteiger partial charge in [0.1, 0.15) is 0 Å². The van der Waals surface area contributed by atoms with E-state index in [9.17, 15) is 4.79 Å². The molecule has 0 aromatic rings. The Labute approximate surface area is 173 Å². The average Bonchev–Trinajstić information content (AvgIpc) is 2.89. The molecule has 4 fully saturated rings. The van der Waals surface area contributed by atoms with Crippen LogP contribution in [0.25, 0.3) is 0 Å². The van der Waals surface area contributed by atoms with E-state index in [1.807, 2.05) is 7.05 Å². The Bertz CT molecular complexity index is 566. The summed E-state index contributed by atoms with van der Waals surface area (Å²) < 4.78 is 5.98. The minimum Gasteiger partial charge on any atom is -0.378 e. The van der Waals surface area contributed by atoms with E-state index in [-0.39, 0.29) is 35.3 Å². The standard InChI is InChI=1S/C19H32N4O2.HI/c1-3-25-15-10-14(19(15)7-4-8-19)22-17(20-2)23-9-5-6-18(13-23)11-16(24)21-12-18;/h14-15H,3-13H2,1-2H3,(H,20,22)(H,21,24);1H. The van der Waals surface area contributed by atoms with Gasteiger partial charge in [-0.3, -0.25) is 9.79 Å². The summed E-state index contributed by atoms with van der Waals surface area (Å²) >= 11 is 0. The molecule has 0 bridgehead atoms. The number of nitrogens with zero attached hydrogens (tertiary/aromatic N) is 2. The molecular formula is C19H33IN4O2. The molecular weight excluding hydrogens is 443 g/mol. The van der Waals surface area contributed by atoms with Crippen LogP contribution in [0.5, 0.6) is 0 Å². The predicted octanol–water partition coefficient (Wildman–Crippen LogP) is 2.13. The van der Waals surface area contributed by atoms with Gasteiger partial charge in [-0.15, -0.1) is 24.0 Å². The van der Waals surface area contributed by atoms with Gasteiger partial charge in [0.2, 0.25) is 5.91 Å². The van der Waals surface area contributed by atoms with Crippen LogP contribution in [-0.2, 0) is 9.53 Å². The number of halogens is 1. The van der Waals surface area contributed by atoms with Crippen LogP contribution in [0.1, 0.15) is 51.9 Å². The van der Waals surface area contributed by atoms with Crippen LogP contribution in [-0.4, -0.2) is 62.2 Å². The van der Waals surface area contributed by atoms with Crippen molar-refractivity contribution < 1.29 is 9.53 Å². The summed E-state index contributed by atoms with van der Waals surface area (Å²) in [6.45, 7) is 5.68. The Hall–Kier alpha value is -0.570. The number of carbonyl (C=O) groups is 1. The summed E-state index contributed by atoms with van der Waals surface area (Å²) in [5, 5.41) is 6.79. The second kappa shape index (κ2) is 7.81. The summed E-state index contributed by atoms with van der Waals surface area (Å²) in [6.07, 6.45) is 8.31.